The summed E-state index contributed by atoms with van der Waals surface area (Å²) in [5.74, 6) is 0. The van der Waals surface area contributed by atoms with Crippen LogP contribution in [0.3, 0.4) is 0 Å². The molecule has 0 amide bonds. The van der Waals surface area contributed by atoms with Crippen LogP contribution in [0.15, 0.2) is 5.38 Å². The number of ether oxygens (including phenoxy) is 2. The van der Waals surface area contributed by atoms with Crippen molar-refractivity contribution in [3.63, 3.8) is 0 Å². The number of aromatic nitrogens is 1. The van der Waals surface area contributed by atoms with Crippen LogP contribution in [0.2, 0.25) is 0 Å². The molecule has 0 atom stereocenters. The molecule has 0 aromatic carbocycles. The number of nitriles is 1. The largest absolute Gasteiger partial charge is 0.381 e. The summed E-state index contributed by atoms with van der Waals surface area (Å²) in [6.07, 6.45) is 2.07. The summed E-state index contributed by atoms with van der Waals surface area (Å²) >= 11 is 1.59. The Hall–Kier alpha value is -0.960. The highest BCUT2D eigenvalue weighted by atomic mass is 32.1. The average molecular weight is 252 g/mol. The quantitative estimate of drug-likeness (QED) is 0.824. The molecule has 4 nitrogen and oxygen atoms in total. The second-order valence-electron chi connectivity index (χ2n) is 4.02. The molecular weight excluding hydrogens is 236 g/mol. The molecule has 2 rings (SSSR count). The lowest BCUT2D eigenvalue weighted by Gasteiger charge is -2.35. The van der Waals surface area contributed by atoms with Crippen molar-refractivity contribution in [3.8, 4) is 6.07 Å². The van der Waals surface area contributed by atoms with E-state index in [1.807, 2.05) is 12.3 Å². The molecule has 92 valence electrons. The van der Waals surface area contributed by atoms with Gasteiger partial charge < -0.3 is 9.47 Å². The van der Waals surface area contributed by atoms with Crippen molar-refractivity contribution in [2.24, 2.45) is 0 Å². The van der Waals surface area contributed by atoms with Gasteiger partial charge in [-0.3, -0.25) is 0 Å². The lowest BCUT2D eigenvalue weighted by Crippen LogP contribution is -2.36. The third-order valence-electron chi connectivity index (χ3n) is 2.92. The van der Waals surface area contributed by atoms with E-state index in [0.717, 1.165) is 23.5 Å². The molecule has 0 N–H and O–H groups in total. The van der Waals surface area contributed by atoms with E-state index in [-0.39, 0.29) is 5.60 Å². The first-order chi connectivity index (χ1) is 8.30. The van der Waals surface area contributed by atoms with Crippen molar-refractivity contribution in [1.82, 2.24) is 4.98 Å². The van der Waals surface area contributed by atoms with Gasteiger partial charge in [0.15, 0.2) is 0 Å². The highest BCUT2D eigenvalue weighted by Gasteiger charge is 2.37. The number of rotatable bonds is 4. The van der Waals surface area contributed by atoms with E-state index in [9.17, 15) is 0 Å². The summed E-state index contributed by atoms with van der Waals surface area (Å²) in [6.45, 7) is 4.11. The minimum absolute atomic E-state index is 0.286. The smallest absolute Gasteiger partial charge is 0.125 e. The summed E-state index contributed by atoms with van der Waals surface area (Å²) in [7, 11) is 0. The fraction of sp³-hybridized carbons (Fsp3) is 0.667. The molecule has 1 fully saturated rings. The minimum atomic E-state index is -0.286. The van der Waals surface area contributed by atoms with Crippen molar-refractivity contribution in [3.05, 3.63) is 16.1 Å². The van der Waals surface area contributed by atoms with Gasteiger partial charge in [-0.25, -0.2) is 4.98 Å². The molecule has 0 bridgehead atoms. The van der Waals surface area contributed by atoms with Crippen molar-refractivity contribution in [2.45, 2.75) is 31.8 Å². The SMILES string of the molecule is CCOC1(c2nc(CC#N)cs2)CCOCC1. The molecule has 0 radical (unpaired) electrons. The normalized spacial score (nSPS) is 18.8. The lowest BCUT2D eigenvalue weighted by molar-refractivity contribution is -0.112. The molecule has 5 heteroatoms. The lowest BCUT2D eigenvalue weighted by atomic mass is 9.95. The van der Waals surface area contributed by atoms with E-state index in [0.29, 0.717) is 26.2 Å². The topological polar surface area (TPSA) is 55.1 Å². The van der Waals surface area contributed by atoms with Gasteiger partial charge in [0.05, 0.1) is 18.2 Å². The Kier molecular flexibility index (Phi) is 4.11. The van der Waals surface area contributed by atoms with Crippen LogP contribution >= 0.6 is 11.3 Å². The maximum absolute atomic E-state index is 8.67. The van der Waals surface area contributed by atoms with Crippen LogP contribution in [-0.4, -0.2) is 24.8 Å². The molecule has 1 aliphatic rings. The number of hydrogen-bond acceptors (Lipinski definition) is 5. The molecule has 0 unspecified atom stereocenters. The van der Waals surface area contributed by atoms with Crippen LogP contribution in [0.5, 0.6) is 0 Å². The van der Waals surface area contributed by atoms with Gasteiger partial charge in [0.1, 0.15) is 10.6 Å². The van der Waals surface area contributed by atoms with Gasteiger partial charge in [-0.05, 0) is 6.92 Å². The first-order valence-electron chi connectivity index (χ1n) is 5.84. The third kappa shape index (κ3) is 2.65. The van der Waals surface area contributed by atoms with E-state index in [2.05, 4.69) is 11.1 Å². The molecular formula is C12H16N2O2S. The van der Waals surface area contributed by atoms with Crippen molar-refractivity contribution in [1.29, 1.82) is 5.26 Å². The molecule has 1 aromatic heterocycles. The van der Waals surface area contributed by atoms with Crippen LogP contribution < -0.4 is 0 Å². The van der Waals surface area contributed by atoms with E-state index in [4.69, 9.17) is 14.7 Å². The Labute approximate surface area is 105 Å². The molecule has 1 aliphatic heterocycles. The highest BCUT2D eigenvalue weighted by Crippen LogP contribution is 2.37. The molecule has 2 heterocycles. The fourth-order valence-electron chi connectivity index (χ4n) is 2.08. The van der Waals surface area contributed by atoms with E-state index < -0.39 is 0 Å². The zero-order valence-corrected chi connectivity index (χ0v) is 10.8. The molecule has 1 saturated heterocycles. The first kappa shape index (κ1) is 12.5. The summed E-state index contributed by atoms with van der Waals surface area (Å²) in [5.41, 5.74) is 0.559. The Morgan fingerprint density at radius 1 is 1.59 bits per heavy atom. The number of thiazole rings is 1. The van der Waals surface area contributed by atoms with Gasteiger partial charge in [-0.2, -0.15) is 5.26 Å². The third-order valence-corrected chi connectivity index (χ3v) is 4.00. The van der Waals surface area contributed by atoms with Crippen LogP contribution in [0, 0.1) is 11.3 Å². The summed E-state index contributed by atoms with van der Waals surface area (Å²) in [5, 5.41) is 11.6. The standard InChI is InChI=1S/C12H16N2O2S/c1-2-16-12(4-7-15-8-5-12)11-14-10(3-6-13)9-17-11/h9H,2-5,7-8H2,1H3. The average Bonchev–Trinajstić information content (AvgIpc) is 2.80. The van der Waals surface area contributed by atoms with Crippen LogP contribution in [-0.2, 0) is 21.5 Å². The van der Waals surface area contributed by atoms with Gasteiger partial charge in [0.2, 0.25) is 0 Å². The van der Waals surface area contributed by atoms with Crippen molar-refractivity contribution >= 4 is 11.3 Å². The van der Waals surface area contributed by atoms with Gasteiger partial charge in [-0.15, -0.1) is 11.3 Å². The number of nitrogens with zero attached hydrogens (tertiary/aromatic N) is 2. The molecule has 17 heavy (non-hydrogen) atoms. The van der Waals surface area contributed by atoms with E-state index in [1.54, 1.807) is 11.3 Å². The van der Waals surface area contributed by atoms with Gasteiger partial charge in [0, 0.05) is 38.0 Å². The summed E-state index contributed by atoms with van der Waals surface area (Å²) < 4.78 is 11.3. The van der Waals surface area contributed by atoms with Gasteiger partial charge in [-0.1, -0.05) is 0 Å². The van der Waals surface area contributed by atoms with Gasteiger partial charge in [0.25, 0.3) is 0 Å². The molecule has 0 saturated carbocycles. The Morgan fingerprint density at radius 3 is 3.00 bits per heavy atom. The summed E-state index contributed by atoms with van der Waals surface area (Å²) in [6, 6.07) is 2.12. The van der Waals surface area contributed by atoms with Gasteiger partial charge >= 0.3 is 0 Å². The van der Waals surface area contributed by atoms with Crippen LogP contribution in [0.25, 0.3) is 0 Å². The highest BCUT2D eigenvalue weighted by molar-refractivity contribution is 7.09. The predicted octanol–water partition coefficient (Wildman–Crippen LogP) is 2.25. The van der Waals surface area contributed by atoms with Crippen molar-refractivity contribution in [2.75, 3.05) is 19.8 Å². The van der Waals surface area contributed by atoms with Crippen LogP contribution in [0.4, 0.5) is 0 Å². The Morgan fingerprint density at radius 2 is 2.35 bits per heavy atom. The Balaban J connectivity index is 2.22. The number of hydrogen-bond donors (Lipinski definition) is 0. The first-order valence-corrected chi connectivity index (χ1v) is 6.72. The minimum Gasteiger partial charge on any atom is -0.381 e. The maximum Gasteiger partial charge on any atom is 0.125 e. The van der Waals surface area contributed by atoms with E-state index in [1.165, 1.54) is 0 Å². The fourth-order valence-corrected chi connectivity index (χ4v) is 3.11. The maximum atomic E-state index is 8.67. The zero-order chi connectivity index (χ0) is 12.1. The molecule has 0 spiro atoms. The van der Waals surface area contributed by atoms with E-state index >= 15 is 0 Å². The predicted molar refractivity (Wildman–Crippen MR) is 64.8 cm³/mol. The molecule has 1 aromatic rings. The van der Waals surface area contributed by atoms with Crippen molar-refractivity contribution < 1.29 is 9.47 Å². The molecule has 0 aliphatic carbocycles. The monoisotopic (exact) mass is 252 g/mol. The summed E-state index contributed by atoms with van der Waals surface area (Å²) in [4.78, 5) is 4.53. The zero-order valence-electron chi connectivity index (χ0n) is 9.94. The second kappa shape index (κ2) is 5.58. The second-order valence-corrected chi connectivity index (χ2v) is 4.88. The van der Waals surface area contributed by atoms with Crippen LogP contribution in [0.1, 0.15) is 30.5 Å². The Bertz CT molecular complexity index is 399.